The standard InChI is InChI=1S/C19H20N4O4S2/c1-26-15-6-4-5-14(11-15)19-21-17(27-22-19)13-28-18-8-7-16(12-20-18)29(24,25)23-9-2-3-10-23/h4-8,11-12H,2-3,9-10,13H2,1H3. The van der Waals surface area contributed by atoms with E-state index < -0.39 is 10.0 Å². The van der Waals surface area contributed by atoms with Gasteiger partial charge in [0.1, 0.15) is 10.6 Å². The second-order valence-electron chi connectivity index (χ2n) is 6.48. The number of benzene rings is 1. The Labute approximate surface area is 173 Å². The molecule has 1 aliphatic heterocycles. The fourth-order valence-electron chi connectivity index (χ4n) is 3.01. The number of methoxy groups -OCH3 is 1. The third-order valence-electron chi connectivity index (χ3n) is 4.55. The number of pyridine rings is 1. The molecule has 2 aromatic heterocycles. The minimum absolute atomic E-state index is 0.224. The van der Waals surface area contributed by atoms with Gasteiger partial charge in [0, 0.05) is 24.8 Å². The van der Waals surface area contributed by atoms with E-state index >= 15 is 0 Å². The van der Waals surface area contributed by atoms with Crippen molar-refractivity contribution in [3.8, 4) is 17.1 Å². The SMILES string of the molecule is COc1cccc(-c2noc(CSc3ccc(S(=O)(=O)N4CCCC4)cn3)n2)c1. The van der Waals surface area contributed by atoms with Crippen molar-refractivity contribution >= 4 is 21.8 Å². The van der Waals surface area contributed by atoms with Crippen LogP contribution < -0.4 is 4.74 Å². The van der Waals surface area contributed by atoms with Gasteiger partial charge in [-0.05, 0) is 37.1 Å². The predicted octanol–water partition coefficient (Wildman–Crippen LogP) is 3.22. The number of nitrogens with zero attached hydrogens (tertiary/aromatic N) is 4. The Hall–Kier alpha value is -2.43. The summed E-state index contributed by atoms with van der Waals surface area (Å²) in [6.07, 6.45) is 3.22. The van der Waals surface area contributed by atoms with Gasteiger partial charge in [-0.2, -0.15) is 9.29 Å². The fraction of sp³-hybridized carbons (Fsp3) is 0.316. The topological polar surface area (TPSA) is 98.4 Å². The number of ether oxygens (including phenoxy) is 1. The number of hydrogen-bond acceptors (Lipinski definition) is 8. The average Bonchev–Trinajstić information content (AvgIpc) is 3.45. The Bertz CT molecular complexity index is 1080. The first kappa shape index (κ1) is 19.9. The van der Waals surface area contributed by atoms with Gasteiger partial charge in [0.25, 0.3) is 0 Å². The second kappa shape index (κ2) is 8.52. The van der Waals surface area contributed by atoms with Gasteiger partial charge in [-0.25, -0.2) is 13.4 Å². The van der Waals surface area contributed by atoms with Crippen LogP contribution in [0.25, 0.3) is 11.4 Å². The van der Waals surface area contributed by atoms with E-state index in [0.717, 1.165) is 24.2 Å². The van der Waals surface area contributed by atoms with Gasteiger partial charge in [-0.3, -0.25) is 0 Å². The average molecular weight is 433 g/mol. The molecule has 4 rings (SSSR count). The molecule has 0 radical (unpaired) electrons. The first-order chi connectivity index (χ1) is 14.1. The van der Waals surface area contributed by atoms with Crippen molar-refractivity contribution in [3.05, 3.63) is 48.5 Å². The molecule has 1 saturated heterocycles. The molecule has 10 heteroatoms. The van der Waals surface area contributed by atoms with Crippen molar-refractivity contribution in [1.82, 2.24) is 19.4 Å². The lowest BCUT2D eigenvalue weighted by molar-refractivity contribution is 0.391. The van der Waals surface area contributed by atoms with Crippen molar-refractivity contribution in [2.24, 2.45) is 0 Å². The highest BCUT2D eigenvalue weighted by Gasteiger charge is 2.27. The van der Waals surface area contributed by atoms with E-state index in [2.05, 4.69) is 15.1 Å². The third-order valence-corrected chi connectivity index (χ3v) is 7.36. The zero-order valence-electron chi connectivity index (χ0n) is 15.8. The maximum Gasteiger partial charge on any atom is 0.244 e. The van der Waals surface area contributed by atoms with Crippen molar-refractivity contribution in [3.63, 3.8) is 0 Å². The molecule has 29 heavy (non-hydrogen) atoms. The van der Waals surface area contributed by atoms with Gasteiger partial charge in [0.05, 0.1) is 17.9 Å². The molecular formula is C19H20N4O4S2. The lowest BCUT2D eigenvalue weighted by Crippen LogP contribution is -2.27. The lowest BCUT2D eigenvalue weighted by atomic mass is 10.2. The molecular weight excluding hydrogens is 412 g/mol. The van der Waals surface area contributed by atoms with Crippen LogP contribution in [-0.2, 0) is 15.8 Å². The molecule has 0 unspecified atom stereocenters. The maximum atomic E-state index is 12.5. The predicted molar refractivity (Wildman–Crippen MR) is 108 cm³/mol. The lowest BCUT2D eigenvalue weighted by Gasteiger charge is -2.15. The van der Waals surface area contributed by atoms with E-state index in [1.54, 1.807) is 19.2 Å². The summed E-state index contributed by atoms with van der Waals surface area (Å²) in [5.74, 6) is 2.10. The molecule has 0 bridgehead atoms. The quantitative estimate of drug-likeness (QED) is 0.525. The number of aromatic nitrogens is 3. The Balaban J connectivity index is 1.40. The van der Waals surface area contributed by atoms with Crippen molar-refractivity contribution in [1.29, 1.82) is 0 Å². The summed E-state index contributed by atoms with van der Waals surface area (Å²) in [5, 5.41) is 4.69. The Morgan fingerprint density at radius 3 is 2.76 bits per heavy atom. The van der Waals surface area contributed by atoms with E-state index in [1.807, 2.05) is 24.3 Å². The first-order valence-electron chi connectivity index (χ1n) is 9.12. The van der Waals surface area contributed by atoms with Gasteiger partial charge in [0.15, 0.2) is 0 Å². The highest BCUT2D eigenvalue weighted by atomic mass is 32.2. The van der Waals surface area contributed by atoms with E-state index in [0.29, 0.717) is 35.6 Å². The van der Waals surface area contributed by atoms with Crippen LogP contribution in [-0.4, -0.2) is 48.0 Å². The van der Waals surface area contributed by atoms with E-state index in [9.17, 15) is 8.42 Å². The van der Waals surface area contributed by atoms with Crippen LogP contribution in [0.2, 0.25) is 0 Å². The summed E-state index contributed by atoms with van der Waals surface area (Å²) in [6.45, 7) is 1.15. The van der Waals surface area contributed by atoms with Crippen LogP contribution in [0.15, 0.2) is 57.0 Å². The van der Waals surface area contributed by atoms with E-state index in [4.69, 9.17) is 9.26 Å². The fourth-order valence-corrected chi connectivity index (χ4v) is 5.15. The number of hydrogen-bond donors (Lipinski definition) is 0. The Kier molecular flexibility index (Phi) is 5.84. The Morgan fingerprint density at radius 2 is 2.03 bits per heavy atom. The molecule has 1 aromatic carbocycles. The zero-order chi connectivity index (χ0) is 20.3. The van der Waals surface area contributed by atoms with Crippen molar-refractivity contribution in [2.45, 2.75) is 28.5 Å². The smallest absolute Gasteiger partial charge is 0.244 e. The van der Waals surface area contributed by atoms with E-state index in [-0.39, 0.29) is 4.90 Å². The van der Waals surface area contributed by atoms with Crippen LogP contribution in [0.4, 0.5) is 0 Å². The minimum Gasteiger partial charge on any atom is -0.497 e. The van der Waals surface area contributed by atoms with Gasteiger partial charge < -0.3 is 9.26 Å². The molecule has 1 fully saturated rings. The second-order valence-corrected chi connectivity index (χ2v) is 9.41. The largest absolute Gasteiger partial charge is 0.497 e. The van der Waals surface area contributed by atoms with Crippen LogP contribution in [0.1, 0.15) is 18.7 Å². The van der Waals surface area contributed by atoms with Crippen LogP contribution in [0.3, 0.4) is 0 Å². The van der Waals surface area contributed by atoms with Gasteiger partial charge in [0.2, 0.25) is 21.7 Å². The third kappa shape index (κ3) is 4.44. The molecule has 3 aromatic rings. The molecule has 3 heterocycles. The molecule has 8 nitrogen and oxygen atoms in total. The molecule has 0 saturated carbocycles. The molecule has 0 N–H and O–H groups in total. The van der Waals surface area contributed by atoms with E-state index in [1.165, 1.54) is 22.3 Å². The molecule has 0 atom stereocenters. The van der Waals surface area contributed by atoms with Gasteiger partial charge in [-0.15, -0.1) is 0 Å². The minimum atomic E-state index is -3.45. The molecule has 0 amide bonds. The van der Waals surface area contributed by atoms with Crippen LogP contribution in [0, 0.1) is 0 Å². The first-order valence-corrected chi connectivity index (χ1v) is 11.5. The van der Waals surface area contributed by atoms with Crippen LogP contribution >= 0.6 is 11.8 Å². The molecule has 152 valence electrons. The summed E-state index contributed by atoms with van der Waals surface area (Å²) >= 11 is 1.40. The summed E-state index contributed by atoms with van der Waals surface area (Å²) in [7, 11) is -1.84. The zero-order valence-corrected chi connectivity index (χ0v) is 17.4. The number of rotatable bonds is 7. The Morgan fingerprint density at radius 1 is 1.21 bits per heavy atom. The van der Waals surface area contributed by atoms with Crippen molar-refractivity contribution < 1.29 is 17.7 Å². The number of sulfonamides is 1. The monoisotopic (exact) mass is 432 g/mol. The van der Waals surface area contributed by atoms with Crippen molar-refractivity contribution in [2.75, 3.05) is 20.2 Å². The van der Waals surface area contributed by atoms with Crippen LogP contribution in [0.5, 0.6) is 5.75 Å². The van der Waals surface area contributed by atoms with Gasteiger partial charge in [-0.1, -0.05) is 29.1 Å². The summed E-state index contributed by atoms with van der Waals surface area (Å²) in [4.78, 5) is 8.89. The highest BCUT2D eigenvalue weighted by Crippen LogP contribution is 2.26. The summed E-state index contributed by atoms with van der Waals surface area (Å²) in [6, 6.07) is 10.7. The molecule has 0 spiro atoms. The van der Waals surface area contributed by atoms with Gasteiger partial charge >= 0.3 is 0 Å². The number of thioether (sulfide) groups is 1. The normalized spacial score (nSPS) is 14.9. The summed E-state index contributed by atoms with van der Waals surface area (Å²) in [5.41, 5.74) is 0.805. The maximum absolute atomic E-state index is 12.5. The molecule has 0 aliphatic carbocycles. The highest BCUT2D eigenvalue weighted by molar-refractivity contribution is 7.98. The summed E-state index contributed by atoms with van der Waals surface area (Å²) < 4.78 is 37.1. The molecule has 1 aliphatic rings.